The van der Waals surface area contributed by atoms with Gasteiger partial charge in [0.15, 0.2) is 5.65 Å². The number of benzene rings is 1. The molecule has 0 aliphatic rings. The van der Waals surface area contributed by atoms with Crippen LogP contribution >= 0.6 is 0 Å². The minimum atomic E-state index is -0.134. The van der Waals surface area contributed by atoms with Gasteiger partial charge < -0.3 is 5.11 Å². The molecule has 0 radical (unpaired) electrons. The summed E-state index contributed by atoms with van der Waals surface area (Å²) in [5, 5.41) is 13.6. The highest BCUT2D eigenvalue weighted by Crippen LogP contribution is 2.12. The van der Waals surface area contributed by atoms with Gasteiger partial charge in [-0.05, 0) is 18.6 Å². The van der Waals surface area contributed by atoms with Crippen LogP contribution in [0.5, 0.6) is 0 Å². The largest absolute Gasteiger partial charge is 0.396 e. The highest BCUT2D eigenvalue weighted by atomic mass is 16.3. The Balaban J connectivity index is 2.11. The molecule has 3 aromatic rings. The van der Waals surface area contributed by atoms with E-state index in [1.807, 2.05) is 30.3 Å². The molecule has 3 rings (SSSR count). The zero-order valence-electron chi connectivity index (χ0n) is 10.8. The number of hydrogen-bond acceptors (Lipinski definition) is 4. The van der Waals surface area contributed by atoms with Gasteiger partial charge in [-0.25, -0.2) is 9.67 Å². The zero-order chi connectivity index (χ0) is 13.9. The lowest BCUT2D eigenvalue weighted by molar-refractivity contribution is 0.279. The molecule has 102 valence electrons. The first-order valence-corrected chi connectivity index (χ1v) is 6.40. The van der Waals surface area contributed by atoms with Gasteiger partial charge in [0.1, 0.15) is 5.39 Å². The molecule has 0 unspecified atom stereocenters. The number of aliphatic hydroxyl groups is 1. The molecular formula is C14H14N4O2. The van der Waals surface area contributed by atoms with Gasteiger partial charge in [0.25, 0.3) is 5.56 Å². The lowest BCUT2D eigenvalue weighted by Crippen LogP contribution is -2.21. The predicted octanol–water partition coefficient (Wildman–Crippen LogP) is 0.965. The van der Waals surface area contributed by atoms with E-state index >= 15 is 0 Å². The number of hydrogen-bond donors (Lipinski definition) is 1. The number of aliphatic hydroxyl groups excluding tert-OH is 1. The highest BCUT2D eigenvalue weighted by molar-refractivity contribution is 5.74. The molecule has 0 bridgehead atoms. The number of aryl methyl sites for hydroxylation is 1. The molecule has 0 amide bonds. The van der Waals surface area contributed by atoms with Crippen molar-refractivity contribution in [3.05, 3.63) is 53.2 Å². The fourth-order valence-electron chi connectivity index (χ4n) is 2.11. The van der Waals surface area contributed by atoms with Crippen LogP contribution in [-0.4, -0.2) is 31.0 Å². The molecule has 0 saturated heterocycles. The van der Waals surface area contributed by atoms with E-state index in [0.717, 1.165) is 5.69 Å². The van der Waals surface area contributed by atoms with E-state index in [9.17, 15) is 4.79 Å². The van der Waals surface area contributed by atoms with Crippen molar-refractivity contribution in [1.82, 2.24) is 19.3 Å². The minimum Gasteiger partial charge on any atom is -0.396 e. The molecule has 20 heavy (non-hydrogen) atoms. The molecule has 1 N–H and O–H groups in total. The number of nitrogens with zero attached hydrogens (tertiary/aromatic N) is 4. The van der Waals surface area contributed by atoms with E-state index in [0.29, 0.717) is 24.0 Å². The van der Waals surface area contributed by atoms with Crippen LogP contribution in [0.15, 0.2) is 47.7 Å². The van der Waals surface area contributed by atoms with Crippen molar-refractivity contribution >= 4 is 11.0 Å². The van der Waals surface area contributed by atoms with Gasteiger partial charge in [0.05, 0.1) is 18.2 Å². The number of fused-ring (bicyclic) bond motifs is 1. The van der Waals surface area contributed by atoms with Crippen LogP contribution in [0.1, 0.15) is 6.42 Å². The summed E-state index contributed by atoms with van der Waals surface area (Å²) in [6, 6.07) is 9.55. The molecule has 6 heteroatoms. The van der Waals surface area contributed by atoms with Gasteiger partial charge >= 0.3 is 0 Å². The molecule has 0 spiro atoms. The molecule has 0 aliphatic carbocycles. The fraction of sp³-hybridized carbons (Fsp3) is 0.214. The second-order valence-corrected chi connectivity index (χ2v) is 4.45. The molecule has 0 fully saturated rings. The summed E-state index contributed by atoms with van der Waals surface area (Å²) in [4.78, 5) is 16.6. The summed E-state index contributed by atoms with van der Waals surface area (Å²) in [5.74, 6) is 0. The van der Waals surface area contributed by atoms with Gasteiger partial charge in [0.2, 0.25) is 0 Å². The van der Waals surface area contributed by atoms with Crippen molar-refractivity contribution in [1.29, 1.82) is 0 Å². The summed E-state index contributed by atoms with van der Waals surface area (Å²) in [5.41, 5.74) is 1.27. The normalized spacial score (nSPS) is 11.1. The van der Waals surface area contributed by atoms with E-state index in [1.54, 1.807) is 4.68 Å². The Kier molecular flexibility index (Phi) is 3.30. The molecule has 0 saturated carbocycles. The van der Waals surface area contributed by atoms with Crippen molar-refractivity contribution < 1.29 is 5.11 Å². The van der Waals surface area contributed by atoms with Gasteiger partial charge in [-0.2, -0.15) is 5.10 Å². The summed E-state index contributed by atoms with van der Waals surface area (Å²) in [6.45, 7) is 0.503. The topological polar surface area (TPSA) is 72.9 Å². The number of aromatic nitrogens is 4. The molecule has 0 atom stereocenters. The van der Waals surface area contributed by atoms with Crippen LogP contribution in [0.2, 0.25) is 0 Å². The van der Waals surface area contributed by atoms with Crippen LogP contribution in [0, 0.1) is 0 Å². The maximum Gasteiger partial charge on any atom is 0.264 e. The quantitative estimate of drug-likeness (QED) is 0.766. The lowest BCUT2D eigenvalue weighted by atomic mass is 10.3. The maximum absolute atomic E-state index is 12.3. The molecule has 2 heterocycles. The first kappa shape index (κ1) is 12.6. The third-order valence-corrected chi connectivity index (χ3v) is 3.11. The zero-order valence-corrected chi connectivity index (χ0v) is 10.8. The first-order valence-electron chi connectivity index (χ1n) is 6.40. The minimum absolute atomic E-state index is 0.0494. The molecule has 6 nitrogen and oxygen atoms in total. The second-order valence-electron chi connectivity index (χ2n) is 4.45. The molecule has 2 aromatic heterocycles. The Labute approximate surface area is 114 Å². The highest BCUT2D eigenvalue weighted by Gasteiger charge is 2.10. The molecule has 0 aliphatic heterocycles. The number of para-hydroxylation sites is 1. The van der Waals surface area contributed by atoms with Crippen LogP contribution in [0.25, 0.3) is 16.7 Å². The van der Waals surface area contributed by atoms with Crippen molar-refractivity contribution in [2.45, 2.75) is 13.0 Å². The van der Waals surface area contributed by atoms with Crippen molar-refractivity contribution in [3.8, 4) is 5.69 Å². The van der Waals surface area contributed by atoms with E-state index in [4.69, 9.17) is 5.11 Å². The third-order valence-electron chi connectivity index (χ3n) is 3.11. The smallest absolute Gasteiger partial charge is 0.264 e. The monoisotopic (exact) mass is 270 g/mol. The Morgan fingerprint density at radius 3 is 2.75 bits per heavy atom. The summed E-state index contributed by atoms with van der Waals surface area (Å²) < 4.78 is 3.14. The van der Waals surface area contributed by atoms with Gasteiger partial charge in [-0.15, -0.1) is 0 Å². The lowest BCUT2D eigenvalue weighted by Gasteiger charge is -2.05. The maximum atomic E-state index is 12.3. The van der Waals surface area contributed by atoms with E-state index in [2.05, 4.69) is 10.1 Å². The van der Waals surface area contributed by atoms with Gasteiger partial charge in [-0.1, -0.05) is 18.2 Å². The van der Waals surface area contributed by atoms with Crippen molar-refractivity contribution in [2.75, 3.05) is 6.61 Å². The Bertz CT molecular complexity index is 777. The first-order chi connectivity index (χ1) is 9.81. The van der Waals surface area contributed by atoms with E-state index < -0.39 is 0 Å². The van der Waals surface area contributed by atoms with Crippen LogP contribution in [0.3, 0.4) is 0 Å². The predicted molar refractivity (Wildman–Crippen MR) is 74.8 cm³/mol. The molecule has 1 aromatic carbocycles. The molecular weight excluding hydrogens is 256 g/mol. The van der Waals surface area contributed by atoms with Crippen LogP contribution in [0.4, 0.5) is 0 Å². The van der Waals surface area contributed by atoms with Gasteiger partial charge in [0, 0.05) is 13.2 Å². The summed E-state index contributed by atoms with van der Waals surface area (Å²) >= 11 is 0. The van der Waals surface area contributed by atoms with Crippen LogP contribution < -0.4 is 5.56 Å². The summed E-state index contributed by atoms with van der Waals surface area (Å²) in [6.07, 6.45) is 3.56. The summed E-state index contributed by atoms with van der Waals surface area (Å²) in [7, 11) is 0. The van der Waals surface area contributed by atoms with Crippen molar-refractivity contribution in [2.24, 2.45) is 0 Å². The Morgan fingerprint density at radius 1 is 1.20 bits per heavy atom. The fourth-order valence-corrected chi connectivity index (χ4v) is 2.11. The standard InChI is InChI=1S/C14H14N4O2/c19-8-4-7-17-10-15-13-12(14(17)20)9-16-18(13)11-5-2-1-3-6-11/h1-3,5-6,9-10,19H,4,7-8H2. The SMILES string of the molecule is O=c1c2cnn(-c3ccccc3)c2ncn1CCCO. The van der Waals surface area contributed by atoms with Gasteiger partial charge in [-0.3, -0.25) is 9.36 Å². The average Bonchev–Trinajstić information content (AvgIpc) is 2.92. The Hall–Kier alpha value is -2.47. The third kappa shape index (κ3) is 2.10. The van der Waals surface area contributed by atoms with E-state index in [1.165, 1.54) is 17.1 Å². The van der Waals surface area contributed by atoms with E-state index in [-0.39, 0.29) is 12.2 Å². The second kappa shape index (κ2) is 5.26. The number of rotatable bonds is 4. The van der Waals surface area contributed by atoms with Crippen molar-refractivity contribution in [3.63, 3.8) is 0 Å². The average molecular weight is 270 g/mol. The van der Waals surface area contributed by atoms with Crippen LogP contribution in [-0.2, 0) is 6.54 Å². The Morgan fingerprint density at radius 2 is 2.00 bits per heavy atom.